The molecule has 4 N–H and O–H groups in total. The molecular weight excluding hydrogens is 867 g/mol. The number of aliphatic hydroxyl groups excluding tert-OH is 4. The maximum atomic E-state index is 13.1. The molecule has 0 radical (unpaired) electrons. The number of rotatable bonds is 20. The van der Waals surface area contributed by atoms with Gasteiger partial charge in [-0.3, -0.25) is 4.90 Å². The van der Waals surface area contributed by atoms with Crippen molar-refractivity contribution in [1.29, 1.82) is 0 Å². The summed E-state index contributed by atoms with van der Waals surface area (Å²) in [4.78, 5) is 4.21. The van der Waals surface area contributed by atoms with Crippen molar-refractivity contribution >= 4 is 67.0 Å². The van der Waals surface area contributed by atoms with Crippen LogP contribution in [-0.4, -0.2) is 138 Å². The minimum atomic E-state index is -4.09. The minimum absolute atomic E-state index is 0. The molecule has 6 rings (SSSR count). The summed E-state index contributed by atoms with van der Waals surface area (Å²) in [5.74, 6) is -0.242. The summed E-state index contributed by atoms with van der Waals surface area (Å²) >= 11 is -5.99. The van der Waals surface area contributed by atoms with Crippen LogP contribution in [0.2, 0.25) is 0 Å². The van der Waals surface area contributed by atoms with Crippen molar-refractivity contribution in [3.8, 4) is 22.9 Å². The van der Waals surface area contributed by atoms with E-state index in [1.807, 2.05) is 17.0 Å². The molecule has 2 aromatic heterocycles. The normalized spacial score (nSPS) is 12.9. The number of aliphatic hydroxyl groups is 4. The standard InChI is InChI=1S/C35H38N8O12S3.2Na/c44-15-11-40(12-16-45)23-24-1-9-30-32(19-24)38-42(36-30)27-6-4-25(34(20-27)54-56(48)49)2-3-26-5-7-28(21-35(26)55-57(50)51)43-37-31-10-8-29(22-33(31)39-43)58(52,53)41(13-17-46)14-18-47;;/h1-10,19-22,44-47H,11-18,23H2,(H,48,49)(H,50,51);;/q;2*+1/p-2/b3-2+;;. The van der Waals surface area contributed by atoms with Crippen molar-refractivity contribution in [2.24, 2.45) is 0 Å². The molecule has 2 atom stereocenters. The van der Waals surface area contributed by atoms with Crippen LogP contribution < -0.4 is 67.5 Å². The number of fused-ring (bicyclic) bond motifs is 2. The van der Waals surface area contributed by atoms with E-state index >= 15 is 0 Å². The van der Waals surface area contributed by atoms with Crippen LogP contribution in [0.25, 0.3) is 45.6 Å². The summed E-state index contributed by atoms with van der Waals surface area (Å²) in [7, 11) is -4.09. The van der Waals surface area contributed by atoms with Crippen molar-refractivity contribution in [1.82, 2.24) is 39.2 Å². The van der Waals surface area contributed by atoms with Gasteiger partial charge in [-0.2, -0.15) is 13.9 Å². The van der Waals surface area contributed by atoms with Crippen LogP contribution in [0.1, 0.15) is 16.7 Å². The molecule has 6 aromatic rings. The van der Waals surface area contributed by atoms with Crippen LogP contribution in [0.4, 0.5) is 0 Å². The van der Waals surface area contributed by atoms with Crippen LogP contribution in [0.3, 0.4) is 0 Å². The Hall–Kier alpha value is -3.05. The molecule has 60 heavy (non-hydrogen) atoms. The van der Waals surface area contributed by atoms with Crippen molar-refractivity contribution in [3.63, 3.8) is 0 Å². The fourth-order valence-electron chi connectivity index (χ4n) is 5.92. The topological polar surface area (TPSA) is 282 Å². The van der Waals surface area contributed by atoms with Gasteiger partial charge in [-0.05, 0) is 60.2 Å². The van der Waals surface area contributed by atoms with Crippen LogP contribution in [-0.2, 0) is 39.3 Å². The molecule has 4 aromatic carbocycles. The zero-order valence-corrected chi connectivity index (χ0v) is 38.8. The van der Waals surface area contributed by atoms with E-state index in [2.05, 4.69) is 20.4 Å². The molecule has 0 spiro atoms. The van der Waals surface area contributed by atoms with Gasteiger partial charge in [-0.15, -0.1) is 20.4 Å². The molecule has 0 saturated heterocycles. The first-order valence-corrected chi connectivity index (χ1v) is 20.8. The smallest absolute Gasteiger partial charge is 0.740 e. The van der Waals surface area contributed by atoms with E-state index in [1.165, 1.54) is 53.3 Å². The third-order valence-corrected chi connectivity index (χ3v) is 11.1. The van der Waals surface area contributed by atoms with Gasteiger partial charge in [0, 0.05) is 56.0 Å². The summed E-state index contributed by atoms with van der Waals surface area (Å²) in [6, 6.07) is 18.4. The van der Waals surface area contributed by atoms with E-state index in [0.29, 0.717) is 41.9 Å². The zero-order chi connectivity index (χ0) is 41.4. The minimum Gasteiger partial charge on any atom is -0.740 e. The van der Waals surface area contributed by atoms with E-state index in [1.54, 1.807) is 24.3 Å². The van der Waals surface area contributed by atoms with Crippen LogP contribution in [0.15, 0.2) is 77.7 Å². The van der Waals surface area contributed by atoms with Crippen molar-refractivity contribution in [3.05, 3.63) is 89.5 Å². The van der Waals surface area contributed by atoms with Gasteiger partial charge in [0.25, 0.3) is 0 Å². The monoisotopic (exact) mass is 902 g/mol. The predicted octanol–water partition coefficient (Wildman–Crippen LogP) is -5.56. The molecule has 0 bridgehead atoms. The number of sulfonamides is 1. The van der Waals surface area contributed by atoms with E-state index < -0.39 is 46.0 Å². The number of aromatic nitrogens is 6. The molecule has 25 heteroatoms. The van der Waals surface area contributed by atoms with Crippen LogP contribution >= 0.6 is 0 Å². The Kier molecular flexibility index (Phi) is 18.9. The van der Waals surface area contributed by atoms with Crippen LogP contribution in [0.5, 0.6) is 11.5 Å². The van der Waals surface area contributed by atoms with Crippen LogP contribution in [0, 0.1) is 0 Å². The molecule has 2 heterocycles. The Morgan fingerprint density at radius 1 is 0.617 bits per heavy atom. The first-order chi connectivity index (χ1) is 27.9. The quantitative estimate of drug-likeness (QED) is 0.0316. The van der Waals surface area contributed by atoms with Crippen molar-refractivity contribution < 1.29 is 114 Å². The molecule has 0 aliphatic heterocycles. The second-order valence-electron chi connectivity index (χ2n) is 12.4. The molecule has 2 unspecified atom stereocenters. The first-order valence-electron chi connectivity index (χ1n) is 17.3. The summed E-state index contributed by atoms with van der Waals surface area (Å²) in [6.07, 6.45) is 2.94. The van der Waals surface area contributed by atoms with Gasteiger partial charge in [0.1, 0.15) is 56.3 Å². The van der Waals surface area contributed by atoms with Gasteiger partial charge in [0.05, 0.1) is 42.7 Å². The average molecular weight is 903 g/mol. The third-order valence-electron chi connectivity index (χ3n) is 8.59. The maximum Gasteiger partial charge on any atom is 1.00 e. The summed E-state index contributed by atoms with van der Waals surface area (Å²) < 4.78 is 84.2. The largest absolute Gasteiger partial charge is 1.00 e. The third kappa shape index (κ3) is 12.3. The SMILES string of the molecule is O=S([O-])Oc1cc(-n2nc3ccc(CN(CCO)CCO)cc3n2)ccc1/C=C/c1ccc(-n2nc3ccc(S(=O)(=O)N(CCO)CCO)cc3n2)cc1OS(=O)[O-].[Na+].[Na+]. The van der Waals surface area contributed by atoms with Gasteiger partial charge >= 0.3 is 59.1 Å². The summed E-state index contributed by atoms with van der Waals surface area (Å²) in [5, 5.41) is 55.1. The molecular formula is C35H36N8Na2O12S3. The van der Waals surface area contributed by atoms with Crippen molar-refractivity contribution in [2.75, 3.05) is 52.6 Å². The first kappa shape index (κ1) is 49.6. The van der Waals surface area contributed by atoms with Gasteiger partial charge in [0.2, 0.25) is 10.0 Å². The Balaban J connectivity index is 0.00000397. The van der Waals surface area contributed by atoms with Crippen molar-refractivity contribution in [2.45, 2.75) is 11.4 Å². The van der Waals surface area contributed by atoms with E-state index in [9.17, 15) is 46.4 Å². The van der Waals surface area contributed by atoms with E-state index in [0.717, 1.165) is 14.7 Å². The van der Waals surface area contributed by atoms with Gasteiger partial charge in [0.15, 0.2) is 0 Å². The second-order valence-corrected chi connectivity index (χ2v) is 15.5. The molecule has 0 saturated carbocycles. The Morgan fingerprint density at radius 3 is 1.53 bits per heavy atom. The number of nitrogens with zero attached hydrogens (tertiary/aromatic N) is 8. The fraction of sp³-hybridized carbons (Fsp3) is 0.257. The molecule has 308 valence electrons. The van der Waals surface area contributed by atoms with Gasteiger partial charge < -0.3 is 37.9 Å². The number of benzene rings is 4. The maximum absolute atomic E-state index is 13.1. The fourth-order valence-corrected chi connectivity index (χ4v) is 7.94. The summed E-state index contributed by atoms with van der Waals surface area (Å²) in [6.45, 7) is -0.244. The second kappa shape index (κ2) is 22.9. The molecule has 20 nitrogen and oxygen atoms in total. The van der Waals surface area contributed by atoms with E-state index in [-0.39, 0.29) is 124 Å². The van der Waals surface area contributed by atoms with E-state index in [4.69, 9.17) is 8.37 Å². The average Bonchev–Trinajstić information content (AvgIpc) is 3.82. The molecule has 0 aliphatic carbocycles. The predicted molar refractivity (Wildman–Crippen MR) is 208 cm³/mol. The Morgan fingerprint density at radius 2 is 1.07 bits per heavy atom. The number of hydrogen-bond donors (Lipinski definition) is 4. The Labute approximate surface area is 393 Å². The Bertz CT molecular complexity index is 2590. The van der Waals surface area contributed by atoms with Gasteiger partial charge in [-0.1, -0.05) is 18.2 Å². The zero-order valence-electron chi connectivity index (χ0n) is 32.3. The summed E-state index contributed by atoms with van der Waals surface area (Å²) in [5.41, 5.74) is 3.61. The molecule has 0 aliphatic rings. The molecule has 0 fully saturated rings. The molecule has 0 amide bonds. The van der Waals surface area contributed by atoms with Gasteiger partial charge in [-0.25, -0.2) is 16.8 Å². The number of hydrogen-bond acceptors (Lipinski definition) is 17.